The molecule has 2 amide bonds. The zero-order valence-corrected chi connectivity index (χ0v) is 19.8. The molecule has 0 radical (unpaired) electrons. The van der Waals surface area contributed by atoms with Crippen LogP contribution >= 0.6 is 0 Å². The molecule has 0 aliphatic carbocycles. The summed E-state index contributed by atoms with van der Waals surface area (Å²) in [5.74, 6) is -1.56. The molecule has 0 saturated carbocycles. The van der Waals surface area contributed by atoms with Crippen LogP contribution in [0.1, 0.15) is 55.4 Å². The third-order valence-electron chi connectivity index (χ3n) is 6.21. The van der Waals surface area contributed by atoms with Crippen LogP contribution in [0.15, 0.2) is 16.6 Å². The first kappa shape index (κ1) is 26.3. The van der Waals surface area contributed by atoms with Gasteiger partial charge in [-0.25, -0.2) is 0 Å². The van der Waals surface area contributed by atoms with Crippen molar-refractivity contribution in [2.45, 2.75) is 67.5 Å². The van der Waals surface area contributed by atoms with Crippen LogP contribution in [-0.4, -0.2) is 53.0 Å². The summed E-state index contributed by atoms with van der Waals surface area (Å²) in [6.07, 6.45) is 1.66. The smallest absolute Gasteiger partial charge is 0.253 e. The predicted molar refractivity (Wildman–Crippen MR) is 120 cm³/mol. The summed E-state index contributed by atoms with van der Waals surface area (Å²) in [5.41, 5.74) is 5.60. The topological polar surface area (TPSA) is 125 Å². The van der Waals surface area contributed by atoms with Crippen molar-refractivity contribution in [2.75, 3.05) is 13.2 Å². The molecule has 30 heavy (non-hydrogen) atoms. The highest BCUT2D eigenvalue weighted by atomic mass is 16.3. The minimum atomic E-state index is -1.28. The zero-order chi connectivity index (χ0) is 23.4. The molecule has 4 atom stereocenters. The van der Waals surface area contributed by atoms with Crippen molar-refractivity contribution < 1.29 is 19.8 Å². The van der Waals surface area contributed by atoms with E-state index in [2.05, 4.69) is 5.32 Å². The second kappa shape index (κ2) is 10.5. The summed E-state index contributed by atoms with van der Waals surface area (Å²) < 4.78 is 0. The third kappa shape index (κ3) is 5.11. The van der Waals surface area contributed by atoms with E-state index in [-0.39, 0.29) is 42.8 Å². The number of carbonyl (C=O) groups excluding carboxylic acids is 2. The first-order chi connectivity index (χ1) is 13.8. The first-order valence-corrected chi connectivity index (χ1v) is 11.0. The number of aliphatic imine (C=N–C) groups is 1. The van der Waals surface area contributed by atoms with Gasteiger partial charge in [0, 0.05) is 12.5 Å². The lowest BCUT2D eigenvalue weighted by atomic mass is 9.60. The Bertz CT molecular complexity index is 682. The molecule has 1 heterocycles. The fourth-order valence-corrected chi connectivity index (χ4v) is 4.38. The number of aliphatic hydroxyl groups excluding tert-OH is 2. The quantitative estimate of drug-likeness (QED) is 0.428. The van der Waals surface area contributed by atoms with Crippen LogP contribution < -0.4 is 11.1 Å². The fourth-order valence-electron chi connectivity index (χ4n) is 4.38. The van der Waals surface area contributed by atoms with E-state index in [4.69, 9.17) is 10.7 Å². The van der Waals surface area contributed by atoms with Crippen LogP contribution in [0, 0.1) is 35.0 Å². The fraction of sp³-hybridized carbons (Fsp3) is 0.783. The highest BCUT2D eigenvalue weighted by Gasteiger charge is 2.53. The number of nitrogens with zero attached hydrogens (tertiary/aromatic N) is 1. The molecule has 1 aliphatic heterocycles. The summed E-state index contributed by atoms with van der Waals surface area (Å²) in [5, 5.41) is 22.7. The van der Waals surface area contributed by atoms with Crippen LogP contribution in [0.2, 0.25) is 0 Å². The number of carbonyl (C=O) groups is 2. The SMILES string of the molecule is CC(C)C1=NC(C(C)C)C(C(N)=O)([C@@H](CO)C(C)C)C=C1C(=O)N[C@H](CO)C(C)C. The number of hydrogen-bond donors (Lipinski definition) is 4. The van der Waals surface area contributed by atoms with Crippen molar-refractivity contribution in [1.82, 2.24) is 5.32 Å². The maximum atomic E-state index is 13.3. The number of hydrogen-bond acceptors (Lipinski definition) is 5. The number of aliphatic hydroxyl groups is 2. The van der Waals surface area contributed by atoms with E-state index >= 15 is 0 Å². The Morgan fingerprint density at radius 3 is 1.97 bits per heavy atom. The Balaban J connectivity index is 3.73. The summed E-state index contributed by atoms with van der Waals surface area (Å²) in [6, 6.07) is -0.904. The average molecular weight is 424 g/mol. The van der Waals surface area contributed by atoms with Gasteiger partial charge in [0.25, 0.3) is 5.91 Å². The Kier molecular flexibility index (Phi) is 9.24. The molecule has 0 fully saturated rings. The lowest BCUT2D eigenvalue weighted by Crippen LogP contribution is -2.57. The molecule has 1 aliphatic rings. The Labute approximate surface area is 181 Å². The van der Waals surface area contributed by atoms with Crippen molar-refractivity contribution in [3.05, 3.63) is 11.6 Å². The van der Waals surface area contributed by atoms with Gasteiger partial charge >= 0.3 is 0 Å². The molecule has 7 heteroatoms. The van der Waals surface area contributed by atoms with Crippen LogP contribution in [0.25, 0.3) is 0 Å². The number of dihydropyridines is 1. The molecule has 7 nitrogen and oxygen atoms in total. The standard InChI is InChI=1S/C23H41N3O4/c1-12(2)17(10-27)23(22(24)30)9-16(21(29)25-18(11-28)13(3)4)19(14(5)6)26-20(23)15(7)8/h9,12-15,17-18,20,27-28H,10-11H2,1-8H3,(H2,24,30)(H,25,29)/t17-,18+,20?,23?/m0/s1. The maximum Gasteiger partial charge on any atom is 0.253 e. The number of primary amides is 1. The summed E-state index contributed by atoms with van der Waals surface area (Å²) in [6.45, 7) is 15.1. The number of amides is 2. The van der Waals surface area contributed by atoms with Gasteiger partial charge in [0.05, 0.1) is 35.4 Å². The molecule has 172 valence electrons. The van der Waals surface area contributed by atoms with E-state index in [9.17, 15) is 19.8 Å². The monoisotopic (exact) mass is 423 g/mol. The molecule has 0 bridgehead atoms. The van der Waals surface area contributed by atoms with E-state index in [0.717, 1.165) is 0 Å². The lowest BCUT2D eigenvalue weighted by Gasteiger charge is -2.46. The Morgan fingerprint density at radius 2 is 1.63 bits per heavy atom. The minimum absolute atomic E-state index is 0.0271. The molecule has 0 aromatic rings. The predicted octanol–water partition coefficient (Wildman–Crippen LogP) is 1.92. The number of nitrogens with two attached hydrogens (primary N) is 1. The molecule has 2 unspecified atom stereocenters. The Hall–Kier alpha value is -1.73. The molecule has 1 rings (SSSR count). The second-order valence-electron chi connectivity index (χ2n) is 9.75. The third-order valence-corrected chi connectivity index (χ3v) is 6.21. The summed E-state index contributed by atoms with van der Waals surface area (Å²) in [7, 11) is 0. The van der Waals surface area contributed by atoms with Gasteiger partial charge in [-0.3, -0.25) is 14.6 Å². The average Bonchev–Trinajstić information content (AvgIpc) is 2.64. The molecular weight excluding hydrogens is 382 g/mol. The van der Waals surface area contributed by atoms with E-state index in [1.165, 1.54) is 0 Å². The highest BCUT2D eigenvalue weighted by molar-refractivity contribution is 6.23. The van der Waals surface area contributed by atoms with Crippen LogP contribution in [0.3, 0.4) is 0 Å². The number of rotatable bonds is 10. The maximum absolute atomic E-state index is 13.3. The normalized spacial score (nSPS) is 24.1. The summed E-state index contributed by atoms with van der Waals surface area (Å²) in [4.78, 5) is 31.1. The lowest BCUT2D eigenvalue weighted by molar-refractivity contribution is -0.132. The molecule has 0 saturated heterocycles. The van der Waals surface area contributed by atoms with Gasteiger partial charge in [-0.2, -0.15) is 0 Å². The van der Waals surface area contributed by atoms with Gasteiger partial charge in [-0.05, 0) is 23.7 Å². The van der Waals surface area contributed by atoms with E-state index in [1.54, 1.807) is 6.08 Å². The van der Waals surface area contributed by atoms with Crippen molar-refractivity contribution in [3.8, 4) is 0 Å². The highest BCUT2D eigenvalue weighted by Crippen LogP contribution is 2.46. The van der Waals surface area contributed by atoms with Crippen molar-refractivity contribution in [2.24, 2.45) is 45.7 Å². The zero-order valence-electron chi connectivity index (χ0n) is 19.8. The van der Waals surface area contributed by atoms with Crippen LogP contribution in [0.5, 0.6) is 0 Å². The van der Waals surface area contributed by atoms with Gasteiger partial charge in [-0.15, -0.1) is 0 Å². The molecule has 0 spiro atoms. The van der Waals surface area contributed by atoms with Crippen molar-refractivity contribution in [1.29, 1.82) is 0 Å². The van der Waals surface area contributed by atoms with E-state index in [1.807, 2.05) is 55.4 Å². The van der Waals surface area contributed by atoms with Gasteiger partial charge in [0.1, 0.15) is 0 Å². The molecule has 5 N–H and O–H groups in total. The molecule has 0 aromatic heterocycles. The van der Waals surface area contributed by atoms with Crippen LogP contribution in [-0.2, 0) is 9.59 Å². The van der Waals surface area contributed by atoms with Crippen molar-refractivity contribution in [3.63, 3.8) is 0 Å². The first-order valence-electron chi connectivity index (χ1n) is 11.0. The van der Waals surface area contributed by atoms with Gasteiger partial charge in [-0.1, -0.05) is 61.5 Å². The molecule has 0 aromatic carbocycles. The van der Waals surface area contributed by atoms with Gasteiger partial charge < -0.3 is 21.3 Å². The van der Waals surface area contributed by atoms with Gasteiger partial charge in [0.2, 0.25) is 5.91 Å². The van der Waals surface area contributed by atoms with Crippen molar-refractivity contribution >= 4 is 17.5 Å². The Morgan fingerprint density at radius 1 is 1.07 bits per heavy atom. The largest absolute Gasteiger partial charge is 0.396 e. The minimum Gasteiger partial charge on any atom is -0.396 e. The van der Waals surface area contributed by atoms with E-state index < -0.39 is 29.3 Å². The summed E-state index contributed by atoms with van der Waals surface area (Å²) >= 11 is 0. The molecular formula is C23H41N3O4. The van der Waals surface area contributed by atoms with E-state index in [0.29, 0.717) is 11.3 Å². The van der Waals surface area contributed by atoms with Gasteiger partial charge in [0.15, 0.2) is 0 Å². The van der Waals surface area contributed by atoms with Crippen LogP contribution in [0.4, 0.5) is 0 Å². The second-order valence-corrected chi connectivity index (χ2v) is 9.75. The number of nitrogens with one attached hydrogen (secondary N) is 1.